The van der Waals surface area contributed by atoms with Gasteiger partial charge in [-0.2, -0.15) is 5.10 Å². The summed E-state index contributed by atoms with van der Waals surface area (Å²) in [6.45, 7) is 3.26. The monoisotopic (exact) mass is 196 g/mol. The van der Waals surface area contributed by atoms with E-state index < -0.39 is 0 Å². The molecule has 14 heavy (non-hydrogen) atoms. The van der Waals surface area contributed by atoms with E-state index in [0.29, 0.717) is 18.7 Å². The van der Waals surface area contributed by atoms with Crippen LogP contribution in [0.25, 0.3) is 0 Å². The Balaban J connectivity index is 2.32. The third-order valence-electron chi connectivity index (χ3n) is 1.93. The molecule has 0 unspecified atom stereocenters. The predicted octanol–water partition coefficient (Wildman–Crippen LogP) is 1.42. The van der Waals surface area contributed by atoms with Crippen LogP contribution in [-0.2, 0) is 11.8 Å². The number of carbonyl (C=O) groups is 1. The van der Waals surface area contributed by atoms with Crippen molar-refractivity contribution in [3.63, 3.8) is 0 Å². The number of ether oxygens (including phenoxy) is 1. The Bertz CT molecular complexity index is 294. The summed E-state index contributed by atoms with van der Waals surface area (Å²) in [5, 5.41) is 3.94. The third-order valence-corrected chi connectivity index (χ3v) is 1.93. The lowest BCUT2D eigenvalue weighted by Crippen LogP contribution is -2.10. The van der Waals surface area contributed by atoms with E-state index in [4.69, 9.17) is 4.74 Å². The van der Waals surface area contributed by atoms with Crippen molar-refractivity contribution in [1.29, 1.82) is 0 Å². The molecule has 0 spiro atoms. The van der Waals surface area contributed by atoms with Gasteiger partial charge in [-0.15, -0.1) is 0 Å². The van der Waals surface area contributed by atoms with E-state index in [1.807, 2.05) is 6.92 Å². The molecule has 0 bridgehead atoms. The molecular formula is C10H16N2O2. The highest BCUT2D eigenvalue weighted by molar-refractivity contribution is 5.94. The number of hydrogen-bond donors (Lipinski definition) is 0. The van der Waals surface area contributed by atoms with E-state index in [-0.39, 0.29) is 5.78 Å². The SMILES string of the molecule is CCCOCCC(=O)c1ccnn1C. The Labute approximate surface area is 83.9 Å². The summed E-state index contributed by atoms with van der Waals surface area (Å²) in [5.74, 6) is 0.0844. The molecule has 1 rings (SSSR count). The molecular weight excluding hydrogens is 180 g/mol. The first-order valence-electron chi connectivity index (χ1n) is 4.84. The van der Waals surface area contributed by atoms with Crippen LogP contribution < -0.4 is 0 Å². The van der Waals surface area contributed by atoms with Gasteiger partial charge in [0.15, 0.2) is 5.78 Å². The number of rotatable bonds is 6. The lowest BCUT2D eigenvalue weighted by atomic mass is 10.2. The fraction of sp³-hybridized carbons (Fsp3) is 0.600. The summed E-state index contributed by atoms with van der Waals surface area (Å²) in [4.78, 5) is 11.5. The zero-order valence-corrected chi connectivity index (χ0v) is 8.69. The average Bonchev–Trinajstić information content (AvgIpc) is 2.59. The first-order chi connectivity index (χ1) is 6.75. The molecule has 0 aliphatic carbocycles. The van der Waals surface area contributed by atoms with Crippen molar-refractivity contribution in [3.8, 4) is 0 Å². The molecule has 1 aromatic rings. The Morgan fingerprint density at radius 3 is 2.93 bits per heavy atom. The van der Waals surface area contributed by atoms with E-state index >= 15 is 0 Å². The molecule has 0 aliphatic heterocycles. The van der Waals surface area contributed by atoms with E-state index in [9.17, 15) is 4.79 Å². The van der Waals surface area contributed by atoms with Gasteiger partial charge >= 0.3 is 0 Å². The molecule has 4 nitrogen and oxygen atoms in total. The molecule has 0 amide bonds. The minimum atomic E-state index is 0.0844. The van der Waals surface area contributed by atoms with Crippen LogP contribution in [0.3, 0.4) is 0 Å². The molecule has 0 fully saturated rings. The van der Waals surface area contributed by atoms with E-state index in [0.717, 1.165) is 13.0 Å². The fourth-order valence-electron chi connectivity index (χ4n) is 1.19. The molecule has 0 atom stereocenters. The number of ketones is 1. The van der Waals surface area contributed by atoms with Crippen LogP contribution in [0.5, 0.6) is 0 Å². The Morgan fingerprint density at radius 1 is 1.57 bits per heavy atom. The number of nitrogens with zero attached hydrogens (tertiary/aromatic N) is 2. The summed E-state index contributed by atoms with van der Waals surface area (Å²) in [6.07, 6.45) is 3.04. The molecule has 4 heteroatoms. The highest BCUT2D eigenvalue weighted by atomic mass is 16.5. The summed E-state index contributed by atoms with van der Waals surface area (Å²) in [7, 11) is 1.76. The lowest BCUT2D eigenvalue weighted by Gasteiger charge is -2.02. The van der Waals surface area contributed by atoms with Crippen molar-refractivity contribution in [2.24, 2.45) is 7.05 Å². The van der Waals surface area contributed by atoms with Crippen molar-refractivity contribution in [2.75, 3.05) is 13.2 Å². The minimum absolute atomic E-state index is 0.0844. The predicted molar refractivity (Wildman–Crippen MR) is 53.3 cm³/mol. The second kappa shape index (κ2) is 5.54. The minimum Gasteiger partial charge on any atom is -0.381 e. The van der Waals surface area contributed by atoms with Gasteiger partial charge in [0, 0.05) is 26.3 Å². The smallest absolute Gasteiger partial charge is 0.183 e. The van der Waals surface area contributed by atoms with E-state index in [1.165, 1.54) is 0 Å². The van der Waals surface area contributed by atoms with Crippen LogP contribution in [0.15, 0.2) is 12.3 Å². The third kappa shape index (κ3) is 2.96. The van der Waals surface area contributed by atoms with Crippen LogP contribution in [-0.4, -0.2) is 28.8 Å². The molecule has 1 heterocycles. The summed E-state index contributed by atoms with van der Waals surface area (Å²) < 4.78 is 6.83. The Morgan fingerprint density at radius 2 is 2.36 bits per heavy atom. The van der Waals surface area contributed by atoms with Gasteiger partial charge in [0.25, 0.3) is 0 Å². The maximum absolute atomic E-state index is 11.5. The molecule has 0 saturated carbocycles. The highest BCUT2D eigenvalue weighted by Gasteiger charge is 2.08. The van der Waals surface area contributed by atoms with Gasteiger partial charge in [0.1, 0.15) is 5.69 Å². The average molecular weight is 196 g/mol. The van der Waals surface area contributed by atoms with Crippen molar-refractivity contribution in [3.05, 3.63) is 18.0 Å². The van der Waals surface area contributed by atoms with Crippen LogP contribution in [0.1, 0.15) is 30.3 Å². The molecule has 0 radical (unpaired) electrons. The Hall–Kier alpha value is -1.16. The number of Topliss-reactive ketones (excluding diaryl/α,β-unsaturated/α-hetero) is 1. The zero-order chi connectivity index (χ0) is 10.4. The molecule has 1 aromatic heterocycles. The van der Waals surface area contributed by atoms with Crippen LogP contribution in [0.2, 0.25) is 0 Å². The summed E-state index contributed by atoms with van der Waals surface area (Å²) in [5.41, 5.74) is 0.644. The number of carbonyl (C=O) groups excluding carboxylic acids is 1. The van der Waals surface area contributed by atoms with Gasteiger partial charge in [-0.05, 0) is 12.5 Å². The van der Waals surface area contributed by atoms with Crippen LogP contribution >= 0.6 is 0 Å². The van der Waals surface area contributed by atoms with Gasteiger partial charge in [-0.1, -0.05) is 6.92 Å². The van der Waals surface area contributed by atoms with Gasteiger partial charge in [-0.25, -0.2) is 0 Å². The second-order valence-electron chi connectivity index (χ2n) is 3.13. The highest BCUT2D eigenvalue weighted by Crippen LogP contribution is 2.01. The van der Waals surface area contributed by atoms with Gasteiger partial charge in [0.2, 0.25) is 0 Å². The van der Waals surface area contributed by atoms with Gasteiger partial charge in [0.05, 0.1) is 6.61 Å². The quantitative estimate of drug-likeness (QED) is 0.510. The molecule has 0 aliphatic rings. The van der Waals surface area contributed by atoms with Crippen LogP contribution in [0, 0.1) is 0 Å². The van der Waals surface area contributed by atoms with Gasteiger partial charge in [-0.3, -0.25) is 9.48 Å². The van der Waals surface area contributed by atoms with E-state index in [2.05, 4.69) is 5.10 Å². The summed E-state index contributed by atoms with van der Waals surface area (Å²) in [6, 6.07) is 1.72. The standard InChI is InChI=1S/C10H16N2O2/c1-3-7-14-8-5-10(13)9-4-6-11-12(9)2/h4,6H,3,5,7-8H2,1-2H3. The fourth-order valence-corrected chi connectivity index (χ4v) is 1.19. The zero-order valence-electron chi connectivity index (χ0n) is 8.69. The van der Waals surface area contributed by atoms with Crippen molar-refractivity contribution >= 4 is 5.78 Å². The maximum Gasteiger partial charge on any atom is 0.183 e. The van der Waals surface area contributed by atoms with Crippen molar-refractivity contribution in [2.45, 2.75) is 19.8 Å². The van der Waals surface area contributed by atoms with Gasteiger partial charge < -0.3 is 4.74 Å². The van der Waals surface area contributed by atoms with Crippen molar-refractivity contribution < 1.29 is 9.53 Å². The summed E-state index contributed by atoms with van der Waals surface area (Å²) >= 11 is 0. The first-order valence-corrected chi connectivity index (χ1v) is 4.84. The molecule has 0 saturated heterocycles. The first kappa shape index (κ1) is 10.9. The topological polar surface area (TPSA) is 44.1 Å². The molecule has 0 N–H and O–H groups in total. The maximum atomic E-state index is 11.5. The molecule has 0 aromatic carbocycles. The number of hydrogen-bond acceptors (Lipinski definition) is 3. The second-order valence-corrected chi connectivity index (χ2v) is 3.13. The number of aromatic nitrogens is 2. The number of aryl methyl sites for hydroxylation is 1. The largest absolute Gasteiger partial charge is 0.381 e. The Kier molecular flexibility index (Phi) is 4.32. The van der Waals surface area contributed by atoms with Crippen LogP contribution in [0.4, 0.5) is 0 Å². The molecule has 78 valence electrons. The van der Waals surface area contributed by atoms with E-state index in [1.54, 1.807) is 24.0 Å². The lowest BCUT2D eigenvalue weighted by molar-refractivity contribution is 0.0870. The normalized spacial score (nSPS) is 10.4. The van der Waals surface area contributed by atoms with Crippen molar-refractivity contribution in [1.82, 2.24) is 9.78 Å².